The number of nitrogens with zero attached hydrogens (tertiary/aromatic N) is 1. The van der Waals surface area contributed by atoms with Crippen LogP contribution in [0.4, 0.5) is 0 Å². The Morgan fingerprint density at radius 1 is 0.958 bits per heavy atom. The second-order valence-corrected chi connectivity index (χ2v) is 6.09. The zero-order chi connectivity index (χ0) is 16.8. The number of hydrazine groups is 1. The maximum atomic E-state index is 11.9. The monoisotopic (exact) mass is 337 g/mol. The first kappa shape index (κ1) is 16.0. The Hall–Kier alpha value is -2.86. The third-order valence-electron chi connectivity index (χ3n) is 3.33. The van der Waals surface area contributed by atoms with E-state index in [1.807, 2.05) is 42.5 Å². The lowest BCUT2D eigenvalue weighted by Crippen LogP contribution is -2.42. The summed E-state index contributed by atoms with van der Waals surface area (Å²) in [6.45, 7) is 0. The number of carbonyl (C=O) groups excluding carboxylic acids is 2. The highest BCUT2D eigenvalue weighted by Gasteiger charge is 2.07. The van der Waals surface area contributed by atoms with Gasteiger partial charge in [-0.15, -0.1) is 11.8 Å². The molecular formula is C18H15N3O2S. The predicted molar refractivity (Wildman–Crippen MR) is 94.5 cm³/mol. The van der Waals surface area contributed by atoms with Crippen molar-refractivity contribution in [3.05, 3.63) is 72.6 Å². The first-order chi connectivity index (χ1) is 11.7. The van der Waals surface area contributed by atoms with Gasteiger partial charge >= 0.3 is 0 Å². The lowest BCUT2D eigenvalue weighted by Gasteiger charge is -2.07. The zero-order valence-corrected chi connectivity index (χ0v) is 13.5. The lowest BCUT2D eigenvalue weighted by molar-refractivity contribution is -0.119. The van der Waals surface area contributed by atoms with Gasteiger partial charge in [0, 0.05) is 17.3 Å². The van der Waals surface area contributed by atoms with Crippen LogP contribution in [0.5, 0.6) is 0 Å². The second kappa shape index (κ2) is 7.61. The number of rotatable bonds is 4. The summed E-state index contributed by atoms with van der Waals surface area (Å²) >= 11 is 1.42. The standard InChI is InChI=1S/C18H15N3O2S/c22-17(20-21-18(23)15-6-3-9-19-11-15)12-24-16-8-7-13-4-1-2-5-14(13)10-16/h1-11H,12H2,(H,20,22)(H,21,23). The van der Waals surface area contributed by atoms with Gasteiger partial charge in [-0.25, -0.2) is 0 Å². The number of carbonyl (C=O) groups is 2. The number of nitrogens with one attached hydrogen (secondary N) is 2. The van der Waals surface area contributed by atoms with Crippen LogP contribution in [0.1, 0.15) is 10.4 Å². The van der Waals surface area contributed by atoms with Gasteiger partial charge in [0.25, 0.3) is 5.91 Å². The van der Waals surface area contributed by atoms with E-state index < -0.39 is 5.91 Å². The molecule has 0 radical (unpaired) electrons. The van der Waals surface area contributed by atoms with Crippen molar-refractivity contribution >= 4 is 34.3 Å². The van der Waals surface area contributed by atoms with E-state index in [1.165, 1.54) is 18.0 Å². The number of pyridine rings is 1. The van der Waals surface area contributed by atoms with Crippen molar-refractivity contribution in [2.75, 3.05) is 5.75 Å². The number of hydrogen-bond acceptors (Lipinski definition) is 4. The summed E-state index contributed by atoms with van der Waals surface area (Å²) in [6.07, 6.45) is 3.01. The molecule has 0 aliphatic carbocycles. The zero-order valence-electron chi connectivity index (χ0n) is 12.7. The summed E-state index contributed by atoms with van der Waals surface area (Å²) < 4.78 is 0. The minimum Gasteiger partial charge on any atom is -0.272 e. The van der Waals surface area contributed by atoms with Gasteiger partial charge in [0.05, 0.1) is 11.3 Å². The average Bonchev–Trinajstić information content (AvgIpc) is 2.65. The van der Waals surface area contributed by atoms with Crippen molar-refractivity contribution in [1.82, 2.24) is 15.8 Å². The summed E-state index contributed by atoms with van der Waals surface area (Å²) in [6, 6.07) is 17.4. The molecule has 0 bridgehead atoms. The topological polar surface area (TPSA) is 71.1 Å². The van der Waals surface area contributed by atoms with E-state index in [0.29, 0.717) is 5.56 Å². The van der Waals surface area contributed by atoms with Crippen molar-refractivity contribution < 1.29 is 9.59 Å². The SMILES string of the molecule is O=C(CSc1ccc2ccccc2c1)NNC(=O)c1cccnc1. The van der Waals surface area contributed by atoms with E-state index in [9.17, 15) is 9.59 Å². The lowest BCUT2D eigenvalue weighted by atomic mass is 10.1. The number of hydrogen-bond donors (Lipinski definition) is 2. The molecule has 0 fully saturated rings. The Bertz CT molecular complexity index is 868. The maximum Gasteiger partial charge on any atom is 0.271 e. The quantitative estimate of drug-likeness (QED) is 0.567. The summed E-state index contributed by atoms with van der Waals surface area (Å²) in [5, 5.41) is 2.29. The van der Waals surface area contributed by atoms with Crippen molar-refractivity contribution in [3.8, 4) is 0 Å². The van der Waals surface area contributed by atoms with Crippen LogP contribution in [-0.2, 0) is 4.79 Å². The third-order valence-corrected chi connectivity index (χ3v) is 4.32. The third kappa shape index (κ3) is 4.11. The van der Waals surface area contributed by atoms with E-state index >= 15 is 0 Å². The summed E-state index contributed by atoms with van der Waals surface area (Å²) in [4.78, 5) is 28.5. The average molecular weight is 337 g/mol. The fourth-order valence-corrected chi connectivity index (χ4v) is 2.88. The molecule has 3 rings (SSSR count). The van der Waals surface area contributed by atoms with Crippen LogP contribution < -0.4 is 10.9 Å². The van der Waals surface area contributed by atoms with E-state index in [0.717, 1.165) is 15.7 Å². The molecule has 3 aromatic rings. The largest absolute Gasteiger partial charge is 0.272 e. The van der Waals surface area contributed by atoms with Gasteiger partial charge in [-0.3, -0.25) is 25.4 Å². The van der Waals surface area contributed by atoms with Crippen molar-refractivity contribution in [3.63, 3.8) is 0 Å². The summed E-state index contributed by atoms with van der Waals surface area (Å²) in [5.74, 6) is -0.455. The van der Waals surface area contributed by atoms with Crippen LogP contribution in [-0.4, -0.2) is 22.6 Å². The molecule has 2 N–H and O–H groups in total. The Morgan fingerprint density at radius 2 is 1.79 bits per heavy atom. The molecule has 1 aromatic heterocycles. The minimum atomic E-state index is -0.396. The number of benzene rings is 2. The van der Waals surface area contributed by atoms with Gasteiger partial charge < -0.3 is 0 Å². The van der Waals surface area contributed by atoms with Gasteiger partial charge in [-0.1, -0.05) is 30.3 Å². The Labute approximate surface area is 143 Å². The molecule has 5 nitrogen and oxygen atoms in total. The minimum absolute atomic E-state index is 0.214. The van der Waals surface area contributed by atoms with Crippen LogP contribution in [0.25, 0.3) is 10.8 Å². The van der Waals surface area contributed by atoms with Crippen LogP contribution in [0.2, 0.25) is 0 Å². The number of thioether (sulfide) groups is 1. The molecule has 0 aliphatic rings. The van der Waals surface area contributed by atoms with E-state index in [-0.39, 0.29) is 11.7 Å². The molecule has 1 heterocycles. The van der Waals surface area contributed by atoms with Crippen molar-refractivity contribution in [2.24, 2.45) is 0 Å². The highest BCUT2D eigenvalue weighted by molar-refractivity contribution is 8.00. The van der Waals surface area contributed by atoms with E-state index in [4.69, 9.17) is 0 Å². The van der Waals surface area contributed by atoms with Crippen LogP contribution >= 0.6 is 11.8 Å². The Balaban J connectivity index is 1.50. The van der Waals surface area contributed by atoms with E-state index in [2.05, 4.69) is 15.8 Å². The number of amides is 2. The fourth-order valence-electron chi connectivity index (χ4n) is 2.14. The van der Waals surface area contributed by atoms with Gasteiger partial charge in [0.1, 0.15) is 0 Å². The molecule has 0 atom stereocenters. The fraction of sp³-hybridized carbons (Fsp3) is 0.0556. The molecule has 24 heavy (non-hydrogen) atoms. The summed E-state index contributed by atoms with van der Waals surface area (Å²) in [7, 11) is 0. The van der Waals surface area contributed by atoms with Gasteiger partial charge in [0.15, 0.2) is 0 Å². The summed E-state index contributed by atoms with van der Waals surface area (Å²) in [5.41, 5.74) is 5.16. The second-order valence-electron chi connectivity index (χ2n) is 5.04. The molecule has 0 spiro atoms. The number of aromatic nitrogens is 1. The Kier molecular flexibility index (Phi) is 5.08. The smallest absolute Gasteiger partial charge is 0.271 e. The highest BCUT2D eigenvalue weighted by Crippen LogP contribution is 2.23. The highest BCUT2D eigenvalue weighted by atomic mass is 32.2. The van der Waals surface area contributed by atoms with E-state index in [1.54, 1.807) is 18.3 Å². The molecule has 0 saturated heterocycles. The normalized spacial score (nSPS) is 10.3. The maximum absolute atomic E-state index is 11.9. The molecule has 120 valence electrons. The Morgan fingerprint density at radius 3 is 2.58 bits per heavy atom. The van der Waals surface area contributed by atoms with Crippen molar-refractivity contribution in [1.29, 1.82) is 0 Å². The van der Waals surface area contributed by atoms with Crippen LogP contribution in [0.3, 0.4) is 0 Å². The van der Waals surface area contributed by atoms with Gasteiger partial charge in [-0.2, -0.15) is 0 Å². The molecular weight excluding hydrogens is 322 g/mol. The first-order valence-corrected chi connectivity index (χ1v) is 8.32. The van der Waals surface area contributed by atoms with Crippen LogP contribution in [0, 0.1) is 0 Å². The molecule has 2 amide bonds. The predicted octanol–water partition coefficient (Wildman–Crippen LogP) is 2.79. The molecule has 0 unspecified atom stereocenters. The molecule has 0 aliphatic heterocycles. The first-order valence-electron chi connectivity index (χ1n) is 7.33. The van der Waals surface area contributed by atoms with Crippen LogP contribution in [0.15, 0.2) is 71.9 Å². The van der Waals surface area contributed by atoms with Crippen molar-refractivity contribution in [2.45, 2.75) is 4.90 Å². The van der Waals surface area contributed by atoms with Gasteiger partial charge in [0.2, 0.25) is 5.91 Å². The number of fused-ring (bicyclic) bond motifs is 1. The van der Waals surface area contributed by atoms with Gasteiger partial charge in [-0.05, 0) is 35.0 Å². The molecule has 6 heteroatoms. The molecule has 2 aromatic carbocycles. The molecule has 0 saturated carbocycles.